The van der Waals surface area contributed by atoms with Crippen molar-refractivity contribution in [2.45, 2.75) is 51.1 Å². The van der Waals surface area contributed by atoms with Gasteiger partial charge in [0.25, 0.3) is 0 Å². The van der Waals surface area contributed by atoms with Crippen LogP contribution in [0.1, 0.15) is 37.9 Å². The maximum absolute atomic E-state index is 12.5. The summed E-state index contributed by atoms with van der Waals surface area (Å²) in [6.07, 6.45) is 4.07. The second-order valence-electron chi connectivity index (χ2n) is 5.95. The summed E-state index contributed by atoms with van der Waals surface area (Å²) in [6.45, 7) is 8.11. The first-order valence-electron chi connectivity index (χ1n) is 8.44. The van der Waals surface area contributed by atoms with Crippen molar-refractivity contribution >= 4 is 17.7 Å². The van der Waals surface area contributed by atoms with Crippen molar-refractivity contribution in [1.29, 1.82) is 0 Å². The minimum absolute atomic E-state index is 0.173. The summed E-state index contributed by atoms with van der Waals surface area (Å²) in [5.41, 5.74) is 7.30. The van der Waals surface area contributed by atoms with Gasteiger partial charge in [-0.15, -0.1) is 0 Å². The number of hydrogen-bond donors (Lipinski definition) is 2. The van der Waals surface area contributed by atoms with Gasteiger partial charge in [0.2, 0.25) is 5.91 Å². The number of nitrogens with one attached hydrogen (secondary N) is 1. The zero-order chi connectivity index (χ0) is 16.8. The van der Waals surface area contributed by atoms with Gasteiger partial charge in [0.1, 0.15) is 5.03 Å². The van der Waals surface area contributed by atoms with E-state index in [0.29, 0.717) is 11.6 Å². The quantitative estimate of drug-likeness (QED) is 0.500. The third kappa shape index (κ3) is 4.57. The molecule has 1 aromatic rings. The second-order valence-corrected chi connectivity index (χ2v) is 6.91. The van der Waals surface area contributed by atoms with Crippen LogP contribution in [0.25, 0.3) is 0 Å². The number of nitrogens with two attached hydrogens (primary N) is 1. The highest BCUT2D eigenvalue weighted by Crippen LogP contribution is 2.28. The summed E-state index contributed by atoms with van der Waals surface area (Å²) in [4.78, 5) is 29.2. The molecule has 7 heteroatoms. The van der Waals surface area contributed by atoms with Crippen LogP contribution in [0.3, 0.4) is 0 Å². The van der Waals surface area contributed by atoms with Crippen molar-refractivity contribution in [3.05, 3.63) is 21.7 Å². The van der Waals surface area contributed by atoms with Crippen LogP contribution in [-0.4, -0.2) is 40.8 Å². The number of primary amides is 1. The topological polar surface area (TPSA) is 82.4 Å². The summed E-state index contributed by atoms with van der Waals surface area (Å²) in [5.74, 6) is -0.206. The number of amides is 1. The highest BCUT2D eigenvalue weighted by Gasteiger charge is 2.21. The van der Waals surface area contributed by atoms with E-state index < -0.39 is 0 Å². The summed E-state index contributed by atoms with van der Waals surface area (Å²) in [7, 11) is 0. The first-order chi connectivity index (χ1) is 11.1. The highest BCUT2D eigenvalue weighted by atomic mass is 32.2. The number of hydrogen-bond acceptors (Lipinski definition) is 4. The van der Waals surface area contributed by atoms with E-state index in [1.54, 1.807) is 0 Å². The summed E-state index contributed by atoms with van der Waals surface area (Å²) < 4.78 is 1.86. The minimum atomic E-state index is -0.379. The molecule has 23 heavy (non-hydrogen) atoms. The lowest BCUT2D eigenvalue weighted by atomic mass is 9.97. The Morgan fingerprint density at radius 2 is 2.00 bits per heavy atom. The Morgan fingerprint density at radius 3 is 2.65 bits per heavy atom. The Kier molecular flexibility index (Phi) is 6.65. The molecule has 128 valence electrons. The third-order valence-corrected chi connectivity index (χ3v) is 5.53. The van der Waals surface area contributed by atoms with E-state index in [4.69, 9.17) is 5.73 Å². The van der Waals surface area contributed by atoms with E-state index in [2.05, 4.69) is 18.8 Å². The Labute approximate surface area is 141 Å². The molecule has 0 radical (unpaired) electrons. The van der Waals surface area contributed by atoms with Crippen LogP contribution in [0.15, 0.2) is 9.82 Å². The molecule has 1 aliphatic rings. The van der Waals surface area contributed by atoms with Gasteiger partial charge in [-0.2, -0.15) is 4.98 Å². The molecular formula is C16H27N4O2S+. The lowest BCUT2D eigenvalue weighted by Gasteiger charge is -2.23. The van der Waals surface area contributed by atoms with Crippen molar-refractivity contribution < 1.29 is 9.69 Å². The van der Waals surface area contributed by atoms with Gasteiger partial charge in [-0.1, -0.05) is 11.8 Å². The number of quaternary nitrogens is 1. The van der Waals surface area contributed by atoms with Crippen LogP contribution in [0.5, 0.6) is 0 Å². The molecule has 0 unspecified atom stereocenters. The Morgan fingerprint density at radius 1 is 1.30 bits per heavy atom. The fourth-order valence-corrected chi connectivity index (χ4v) is 3.93. The largest absolute Gasteiger partial charge is 0.369 e. The molecule has 1 aliphatic carbocycles. The molecule has 0 saturated carbocycles. The number of likely N-dealkylation sites (N-methyl/N-ethyl adjacent to an activating group) is 1. The smallest absolute Gasteiger partial charge is 0.349 e. The lowest BCUT2D eigenvalue weighted by molar-refractivity contribution is -0.897. The summed E-state index contributed by atoms with van der Waals surface area (Å²) in [6, 6.07) is 0. The zero-order valence-corrected chi connectivity index (χ0v) is 14.9. The van der Waals surface area contributed by atoms with E-state index in [-0.39, 0.29) is 17.3 Å². The minimum Gasteiger partial charge on any atom is -0.369 e. The Balaban J connectivity index is 2.29. The van der Waals surface area contributed by atoms with Crippen molar-refractivity contribution in [3.63, 3.8) is 0 Å². The van der Waals surface area contributed by atoms with Gasteiger partial charge in [-0.3, -0.25) is 9.36 Å². The SMILES string of the molecule is CC[NH+](CC)CCn1c2c(c(SCC(N)=O)nc1=O)CCCC2. The molecule has 3 N–H and O–H groups in total. The van der Waals surface area contributed by atoms with Crippen LogP contribution in [0.2, 0.25) is 0 Å². The van der Waals surface area contributed by atoms with Crippen molar-refractivity contribution in [2.24, 2.45) is 5.73 Å². The predicted octanol–water partition coefficient (Wildman–Crippen LogP) is -0.376. The average Bonchev–Trinajstić information content (AvgIpc) is 2.55. The monoisotopic (exact) mass is 339 g/mol. The molecule has 0 aromatic carbocycles. The maximum Gasteiger partial charge on any atom is 0.349 e. The van der Waals surface area contributed by atoms with Crippen LogP contribution >= 0.6 is 11.8 Å². The van der Waals surface area contributed by atoms with Gasteiger partial charge in [0, 0.05) is 11.3 Å². The first-order valence-corrected chi connectivity index (χ1v) is 9.42. The molecule has 1 amide bonds. The van der Waals surface area contributed by atoms with E-state index in [1.807, 2.05) is 4.57 Å². The lowest BCUT2D eigenvalue weighted by Crippen LogP contribution is -3.11. The van der Waals surface area contributed by atoms with E-state index in [0.717, 1.165) is 56.6 Å². The van der Waals surface area contributed by atoms with Crippen LogP contribution in [0, 0.1) is 0 Å². The van der Waals surface area contributed by atoms with Crippen LogP contribution in [0.4, 0.5) is 0 Å². The van der Waals surface area contributed by atoms with Gasteiger partial charge < -0.3 is 10.6 Å². The summed E-state index contributed by atoms with van der Waals surface area (Å²) >= 11 is 1.30. The molecule has 0 bridgehead atoms. The maximum atomic E-state index is 12.5. The molecule has 0 fully saturated rings. The fourth-order valence-electron chi connectivity index (χ4n) is 3.11. The van der Waals surface area contributed by atoms with E-state index in [1.165, 1.54) is 16.7 Å². The standard InChI is InChI=1S/C16H26N4O2S/c1-3-19(4-2)9-10-20-13-8-6-5-7-12(13)15(18-16(20)22)23-11-14(17)21/h3-11H2,1-2H3,(H2,17,21)/p+1. The number of rotatable bonds is 8. The van der Waals surface area contributed by atoms with E-state index >= 15 is 0 Å². The molecule has 0 spiro atoms. The fraction of sp³-hybridized carbons (Fsp3) is 0.688. The van der Waals surface area contributed by atoms with E-state index in [9.17, 15) is 9.59 Å². The van der Waals surface area contributed by atoms with Gasteiger partial charge >= 0.3 is 5.69 Å². The number of fused-ring (bicyclic) bond motifs is 1. The van der Waals surface area contributed by atoms with Gasteiger partial charge in [0.05, 0.1) is 31.9 Å². The van der Waals surface area contributed by atoms with Crippen molar-refractivity contribution in [1.82, 2.24) is 9.55 Å². The molecule has 2 rings (SSSR count). The number of carbonyl (C=O) groups is 1. The number of carbonyl (C=O) groups excluding carboxylic acids is 1. The van der Waals surface area contributed by atoms with Gasteiger partial charge in [0.15, 0.2) is 0 Å². The highest BCUT2D eigenvalue weighted by molar-refractivity contribution is 7.99. The molecule has 1 aromatic heterocycles. The zero-order valence-electron chi connectivity index (χ0n) is 14.1. The molecule has 0 aliphatic heterocycles. The van der Waals surface area contributed by atoms with Crippen molar-refractivity contribution in [3.8, 4) is 0 Å². The van der Waals surface area contributed by atoms with Crippen LogP contribution in [-0.2, 0) is 24.2 Å². The molecule has 0 saturated heterocycles. The second kappa shape index (κ2) is 8.49. The van der Waals surface area contributed by atoms with Gasteiger partial charge in [-0.05, 0) is 39.5 Å². The normalized spacial score (nSPS) is 14.0. The predicted molar refractivity (Wildman–Crippen MR) is 92.0 cm³/mol. The third-order valence-electron chi connectivity index (χ3n) is 4.49. The molecule has 6 nitrogen and oxygen atoms in total. The number of nitrogens with zero attached hydrogens (tertiary/aromatic N) is 2. The number of aromatic nitrogens is 2. The average molecular weight is 339 g/mol. The molecule has 1 heterocycles. The first kappa shape index (κ1) is 18.0. The Bertz CT molecular complexity index is 611. The van der Waals surface area contributed by atoms with Crippen LogP contribution < -0.4 is 16.3 Å². The summed E-state index contributed by atoms with van der Waals surface area (Å²) in [5, 5.41) is 0.704. The van der Waals surface area contributed by atoms with Crippen molar-refractivity contribution in [2.75, 3.05) is 25.4 Å². The molecule has 0 atom stereocenters. The van der Waals surface area contributed by atoms with Gasteiger partial charge in [-0.25, -0.2) is 4.79 Å². The Hall–Kier alpha value is -1.34. The number of thioether (sulfide) groups is 1. The molecular weight excluding hydrogens is 312 g/mol.